The minimum Gasteiger partial charge on any atom is -0.225 e. The lowest BCUT2D eigenvalue weighted by molar-refractivity contribution is 0.457. The van der Waals surface area contributed by atoms with Gasteiger partial charge in [-0.2, -0.15) is 17.4 Å². The van der Waals surface area contributed by atoms with E-state index >= 15 is 0 Å². The van der Waals surface area contributed by atoms with Crippen molar-refractivity contribution in [2.75, 3.05) is 13.1 Å². The van der Waals surface area contributed by atoms with E-state index < -0.39 is 26.3 Å². The van der Waals surface area contributed by atoms with Crippen molar-refractivity contribution < 1.29 is 16.8 Å². The van der Waals surface area contributed by atoms with Gasteiger partial charge < -0.3 is 0 Å². The quantitative estimate of drug-likeness (QED) is 0.809. The molecule has 1 fully saturated rings. The minimum absolute atomic E-state index is 0.000787. The zero-order chi connectivity index (χ0) is 15.7. The van der Waals surface area contributed by atoms with Crippen molar-refractivity contribution in [1.29, 1.82) is 0 Å². The number of hydrogen-bond donors (Lipinski definition) is 2. The van der Waals surface area contributed by atoms with Crippen LogP contribution in [-0.2, 0) is 20.2 Å². The lowest BCUT2D eigenvalue weighted by Gasteiger charge is -2.20. The van der Waals surface area contributed by atoms with E-state index in [1.165, 1.54) is 16.4 Å². The highest BCUT2D eigenvalue weighted by Crippen LogP contribution is 2.18. The molecule has 118 valence electrons. The summed E-state index contributed by atoms with van der Waals surface area (Å²) in [5, 5.41) is 5.02. The molecule has 0 aromatic heterocycles. The maximum Gasteiger partial charge on any atom is 0.279 e. The smallest absolute Gasteiger partial charge is 0.225 e. The topological polar surface area (TPSA) is 110 Å². The Balaban J connectivity index is 2.11. The van der Waals surface area contributed by atoms with Gasteiger partial charge in [0.25, 0.3) is 10.2 Å². The summed E-state index contributed by atoms with van der Waals surface area (Å²) in [5.74, 6) is 0. The van der Waals surface area contributed by atoms with Crippen LogP contribution in [0.4, 0.5) is 0 Å². The second-order valence-electron chi connectivity index (χ2n) is 5.06. The first-order valence-electron chi connectivity index (χ1n) is 6.60. The summed E-state index contributed by atoms with van der Waals surface area (Å²) in [6.45, 7) is 2.78. The van der Waals surface area contributed by atoms with Crippen LogP contribution in [0, 0.1) is 0 Å². The molecule has 0 spiro atoms. The Kier molecular flexibility index (Phi) is 4.69. The molecular weight excluding hydrogens is 314 g/mol. The number of rotatable bonds is 5. The highest BCUT2D eigenvalue weighted by Gasteiger charge is 2.26. The van der Waals surface area contributed by atoms with Gasteiger partial charge in [0, 0.05) is 19.1 Å². The van der Waals surface area contributed by atoms with Gasteiger partial charge in [-0.1, -0.05) is 12.1 Å². The molecule has 1 atom stereocenters. The predicted octanol–water partition coefficient (Wildman–Crippen LogP) is 0.325. The second kappa shape index (κ2) is 6.01. The summed E-state index contributed by atoms with van der Waals surface area (Å²) < 4.78 is 50.6. The van der Waals surface area contributed by atoms with Gasteiger partial charge in [-0.25, -0.2) is 13.6 Å². The van der Waals surface area contributed by atoms with Crippen molar-refractivity contribution in [3.63, 3.8) is 0 Å². The molecule has 1 aliphatic heterocycles. The Morgan fingerprint density at radius 3 is 2.10 bits per heavy atom. The molecule has 1 aromatic carbocycles. The molecule has 1 aromatic rings. The lowest BCUT2D eigenvalue weighted by Crippen LogP contribution is -2.40. The Hall–Kier alpha value is -1.00. The average Bonchev–Trinajstić information content (AvgIpc) is 2.92. The molecule has 2 rings (SSSR count). The molecule has 1 heterocycles. The fraction of sp³-hybridized carbons (Fsp3) is 0.500. The highest BCUT2D eigenvalue weighted by molar-refractivity contribution is 7.89. The lowest BCUT2D eigenvalue weighted by atomic mass is 10.1. The molecule has 1 aliphatic rings. The number of nitrogens with zero attached hydrogens (tertiary/aromatic N) is 1. The predicted molar refractivity (Wildman–Crippen MR) is 79.1 cm³/mol. The van der Waals surface area contributed by atoms with E-state index in [0.717, 1.165) is 12.8 Å². The van der Waals surface area contributed by atoms with Crippen molar-refractivity contribution in [2.24, 2.45) is 5.14 Å². The third kappa shape index (κ3) is 4.01. The highest BCUT2D eigenvalue weighted by atomic mass is 32.2. The Labute approximate surface area is 125 Å². The number of nitrogens with one attached hydrogen (secondary N) is 1. The standard InChI is InChI=1S/C12H19N3O4S2/c1-10(14-21(18,19)15-8-2-3-9-15)11-4-6-12(7-5-11)20(13,16)17/h4-7,10,14H,2-3,8-9H2,1H3,(H2,13,16,17). The monoisotopic (exact) mass is 333 g/mol. The molecule has 9 heteroatoms. The summed E-state index contributed by atoms with van der Waals surface area (Å²) >= 11 is 0. The van der Waals surface area contributed by atoms with Crippen LogP contribution in [0.3, 0.4) is 0 Å². The van der Waals surface area contributed by atoms with Crippen LogP contribution < -0.4 is 9.86 Å². The molecule has 1 saturated heterocycles. The fourth-order valence-corrected chi connectivity index (χ4v) is 4.23. The third-order valence-corrected chi connectivity index (χ3v) is 6.06. The normalized spacial score (nSPS) is 18.8. The summed E-state index contributed by atoms with van der Waals surface area (Å²) in [6.07, 6.45) is 1.75. The number of benzene rings is 1. The molecule has 7 nitrogen and oxygen atoms in total. The van der Waals surface area contributed by atoms with Crippen LogP contribution in [0.2, 0.25) is 0 Å². The van der Waals surface area contributed by atoms with Crippen LogP contribution in [0.5, 0.6) is 0 Å². The van der Waals surface area contributed by atoms with Crippen molar-refractivity contribution in [1.82, 2.24) is 9.03 Å². The summed E-state index contributed by atoms with van der Waals surface area (Å²) in [6, 6.07) is 5.38. The summed E-state index contributed by atoms with van der Waals surface area (Å²) in [5.41, 5.74) is 0.671. The van der Waals surface area contributed by atoms with Crippen LogP contribution in [0.15, 0.2) is 29.2 Å². The first-order chi connectivity index (χ1) is 9.70. The molecule has 0 saturated carbocycles. The SMILES string of the molecule is CC(NS(=O)(=O)N1CCCC1)c1ccc(S(N)(=O)=O)cc1. The maximum atomic E-state index is 12.1. The molecule has 0 bridgehead atoms. The number of sulfonamides is 1. The van der Waals surface area contributed by atoms with Gasteiger partial charge in [-0.3, -0.25) is 0 Å². The zero-order valence-electron chi connectivity index (χ0n) is 11.7. The van der Waals surface area contributed by atoms with Gasteiger partial charge in [0.05, 0.1) is 4.90 Å². The molecule has 0 aliphatic carbocycles. The van der Waals surface area contributed by atoms with Gasteiger partial charge in [-0.15, -0.1) is 0 Å². The first kappa shape index (κ1) is 16.4. The Morgan fingerprint density at radius 1 is 1.10 bits per heavy atom. The van der Waals surface area contributed by atoms with Crippen LogP contribution in [0.1, 0.15) is 31.4 Å². The van der Waals surface area contributed by atoms with E-state index in [1.54, 1.807) is 19.1 Å². The molecule has 0 amide bonds. The largest absolute Gasteiger partial charge is 0.279 e. The van der Waals surface area contributed by atoms with Crippen molar-refractivity contribution >= 4 is 20.2 Å². The fourth-order valence-electron chi connectivity index (χ4n) is 2.24. The number of nitrogens with two attached hydrogens (primary N) is 1. The van der Waals surface area contributed by atoms with E-state index in [9.17, 15) is 16.8 Å². The van der Waals surface area contributed by atoms with Gasteiger partial charge >= 0.3 is 0 Å². The van der Waals surface area contributed by atoms with E-state index in [1.807, 2.05) is 0 Å². The maximum absolute atomic E-state index is 12.1. The number of primary sulfonamides is 1. The third-order valence-electron chi connectivity index (χ3n) is 3.44. The van der Waals surface area contributed by atoms with E-state index in [-0.39, 0.29) is 4.90 Å². The van der Waals surface area contributed by atoms with E-state index in [2.05, 4.69) is 4.72 Å². The summed E-state index contributed by atoms with van der Waals surface area (Å²) in [7, 11) is -7.25. The van der Waals surface area contributed by atoms with Gasteiger partial charge in [-0.05, 0) is 37.5 Å². The van der Waals surface area contributed by atoms with Gasteiger partial charge in [0.1, 0.15) is 0 Å². The molecule has 3 N–H and O–H groups in total. The van der Waals surface area contributed by atoms with Gasteiger partial charge in [0.2, 0.25) is 10.0 Å². The Bertz CT molecular complexity index is 693. The summed E-state index contributed by atoms with van der Waals surface area (Å²) in [4.78, 5) is 0.000787. The molecule has 21 heavy (non-hydrogen) atoms. The number of hydrogen-bond acceptors (Lipinski definition) is 4. The van der Waals surface area contributed by atoms with Crippen molar-refractivity contribution in [3.05, 3.63) is 29.8 Å². The first-order valence-corrected chi connectivity index (χ1v) is 9.59. The van der Waals surface area contributed by atoms with Crippen LogP contribution in [-0.4, -0.2) is 34.2 Å². The molecule has 1 unspecified atom stereocenters. The zero-order valence-corrected chi connectivity index (χ0v) is 13.3. The molecular formula is C12H19N3O4S2. The second-order valence-corrected chi connectivity index (χ2v) is 8.33. The van der Waals surface area contributed by atoms with Crippen LogP contribution >= 0.6 is 0 Å². The minimum atomic E-state index is -3.74. The van der Waals surface area contributed by atoms with Crippen LogP contribution in [0.25, 0.3) is 0 Å². The Morgan fingerprint density at radius 2 is 1.62 bits per heavy atom. The van der Waals surface area contributed by atoms with Crippen molar-refractivity contribution in [3.8, 4) is 0 Å². The van der Waals surface area contributed by atoms with E-state index in [0.29, 0.717) is 18.7 Å². The van der Waals surface area contributed by atoms with E-state index in [4.69, 9.17) is 5.14 Å². The van der Waals surface area contributed by atoms with Gasteiger partial charge in [0.15, 0.2) is 0 Å². The average molecular weight is 333 g/mol. The van der Waals surface area contributed by atoms with Crippen molar-refractivity contribution in [2.45, 2.75) is 30.7 Å². The molecule has 0 radical (unpaired) electrons.